The molecule has 1 unspecified atom stereocenters. The molecule has 0 aliphatic carbocycles. The van der Waals surface area contributed by atoms with Gasteiger partial charge in [-0.2, -0.15) is 0 Å². The minimum absolute atomic E-state index is 0.276. The highest BCUT2D eigenvalue weighted by Gasteiger charge is 2.24. The third-order valence-electron chi connectivity index (χ3n) is 2.87. The number of carbonyl (C=O) groups is 2. The van der Waals surface area contributed by atoms with Crippen molar-refractivity contribution in [1.29, 1.82) is 0 Å². The first kappa shape index (κ1) is 16.0. The first-order valence-corrected chi connectivity index (χ1v) is 7.43. The molecule has 19 heavy (non-hydrogen) atoms. The van der Waals surface area contributed by atoms with Crippen molar-refractivity contribution in [1.82, 2.24) is 5.32 Å². The second-order valence-corrected chi connectivity index (χ2v) is 6.15. The fourth-order valence-electron chi connectivity index (χ4n) is 1.65. The monoisotopic (exact) mass is 303 g/mol. The SMILES string of the molecule is CCCC[C@H](NC(=O)C(C)c1ccc(Cl)s1)C(=O)O. The van der Waals surface area contributed by atoms with Gasteiger partial charge in [0.15, 0.2) is 0 Å². The number of hydrogen-bond donors (Lipinski definition) is 2. The fourth-order valence-corrected chi connectivity index (χ4v) is 2.76. The van der Waals surface area contributed by atoms with E-state index in [9.17, 15) is 9.59 Å². The van der Waals surface area contributed by atoms with E-state index in [1.165, 1.54) is 11.3 Å². The van der Waals surface area contributed by atoms with Crippen LogP contribution >= 0.6 is 22.9 Å². The van der Waals surface area contributed by atoms with Crippen molar-refractivity contribution < 1.29 is 14.7 Å². The lowest BCUT2D eigenvalue weighted by atomic mass is 10.1. The summed E-state index contributed by atoms with van der Waals surface area (Å²) in [4.78, 5) is 23.9. The van der Waals surface area contributed by atoms with Gasteiger partial charge in [0.2, 0.25) is 5.91 Å². The Morgan fingerprint density at radius 3 is 2.63 bits per heavy atom. The lowest BCUT2D eigenvalue weighted by Gasteiger charge is -2.17. The van der Waals surface area contributed by atoms with Crippen molar-refractivity contribution in [3.05, 3.63) is 21.3 Å². The summed E-state index contributed by atoms with van der Waals surface area (Å²) in [5.74, 6) is -1.65. The predicted octanol–water partition coefficient (Wildman–Crippen LogP) is 3.26. The molecule has 0 fully saturated rings. The van der Waals surface area contributed by atoms with E-state index < -0.39 is 12.0 Å². The number of hydrogen-bond acceptors (Lipinski definition) is 3. The third kappa shape index (κ3) is 4.84. The highest BCUT2D eigenvalue weighted by molar-refractivity contribution is 7.16. The topological polar surface area (TPSA) is 66.4 Å². The van der Waals surface area contributed by atoms with Gasteiger partial charge >= 0.3 is 5.97 Å². The third-order valence-corrected chi connectivity index (χ3v) is 4.29. The maximum Gasteiger partial charge on any atom is 0.326 e. The molecule has 1 amide bonds. The minimum atomic E-state index is -0.988. The predicted molar refractivity (Wildman–Crippen MR) is 76.8 cm³/mol. The molecule has 0 aliphatic heterocycles. The van der Waals surface area contributed by atoms with Crippen LogP contribution in [0.5, 0.6) is 0 Å². The second kappa shape index (κ2) is 7.50. The molecule has 4 nitrogen and oxygen atoms in total. The van der Waals surface area contributed by atoms with Crippen molar-refractivity contribution in [2.24, 2.45) is 0 Å². The molecule has 2 atom stereocenters. The minimum Gasteiger partial charge on any atom is -0.480 e. The van der Waals surface area contributed by atoms with Crippen LogP contribution in [0.4, 0.5) is 0 Å². The summed E-state index contributed by atoms with van der Waals surface area (Å²) in [7, 11) is 0. The number of rotatable bonds is 7. The van der Waals surface area contributed by atoms with Crippen LogP contribution in [0.2, 0.25) is 4.34 Å². The molecule has 0 saturated carbocycles. The first-order chi connectivity index (χ1) is 8.95. The zero-order valence-electron chi connectivity index (χ0n) is 11.0. The van der Waals surface area contributed by atoms with E-state index in [1.807, 2.05) is 6.92 Å². The summed E-state index contributed by atoms with van der Waals surface area (Å²) in [6, 6.07) is 2.71. The normalized spacial score (nSPS) is 13.8. The summed E-state index contributed by atoms with van der Waals surface area (Å²) < 4.78 is 0.621. The van der Waals surface area contributed by atoms with E-state index in [0.717, 1.165) is 17.7 Å². The van der Waals surface area contributed by atoms with Crippen molar-refractivity contribution in [3.8, 4) is 0 Å². The van der Waals surface area contributed by atoms with E-state index >= 15 is 0 Å². The standard InChI is InChI=1S/C13H18ClNO3S/c1-3-4-5-9(13(17)18)15-12(16)8(2)10-6-7-11(14)19-10/h6-9H,3-5H2,1-2H3,(H,15,16)(H,17,18)/t8?,9-/m0/s1. The van der Waals surface area contributed by atoms with Crippen LogP contribution in [0.3, 0.4) is 0 Å². The average Bonchev–Trinajstić information content (AvgIpc) is 2.79. The number of nitrogens with one attached hydrogen (secondary N) is 1. The van der Waals surface area contributed by atoms with Crippen LogP contribution in [0, 0.1) is 0 Å². The Bertz CT molecular complexity index is 447. The number of unbranched alkanes of at least 4 members (excludes halogenated alkanes) is 1. The zero-order chi connectivity index (χ0) is 14.4. The quantitative estimate of drug-likeness (QED) is 0.812. The Balaban J connectivity index is 2.63. The second-order valence-electron chi connectivity index (χ2n) is 4.41. The van der Waals surface area contributed by atoms with Crippen molar-refractivity contribution in [3.63, 3.8) is 0 Å². The number of carboxylic acid groups (broad SMARTS) is 1. The maximum atomic E-state index is 12.0. The molecule has 2 N–H and O–H groups in total. The van der Waals surface area contributed by atoms with Crippen molar-refractivity contribution in [2.45, 2.75) is 45.1 Å². The van der Waals surface area contributed by atoms with Gasteiger partial charge in [0.05, 0.1) is 10.3 Å². The maximum absolute atomic E-state index is 12.0. The van der Waals surface area contributed by atoms with E-state index in [0.29, 0.717) is 10.8 Å². The Morgan fingerprint density at radius 1 is 1.47 bits per heavy atom. The Morgan fingerprint density at radius 2 is 2.16 bits per heavy atom. The van der Waals surface area contributed by atoms with Crippen LogP contribution in [0.15, 0.2) is 12.1 Å². The van der Waals surface area contributed by atoms with Gasteiger partial charge in [0.1, 0.15) is 6.04 Å². The molecule has 1 rings (SSSR count). The first-order valence-electron chi connectivity index (χ1n) is 6.24. The molecule has 0 aliphatic rings. The van der Waals surface area contributed by atoms with Gasteiger partial charge in [0, 0.05) is 4.88 Å². The molecule has 1 aromatic heterocycles. The molecule has 0 saturated heterocycles. The van der Waals surface area contributed by atoms with Gasteiger partial charge in [-0.1, -0.05) is 31.4 Å². The highest BCUT2D eigenvalue weighted by atomic mass is 35.5. The number of carbonyl (C=O) groups excluding carboxylic acids is 1. The molecule has 1 aromatic rings. The lowest BCUT2D eigenvalue weighted by Crippen LogP contribution is -2.42. The molecule has 0 bridgehead atoms. The smallest absolute Gasteiger partial charge is 0.326 e. The van der Waals surface area contributed by atoms with Crippen LogP contribution < -0.4 is 5.32 Å². The number of halogens is 1. The van der Waals surface area contributed by atoms with E-state index in [4.69, 9.17) is 16.7 Å². The molecular weight excluding hydrogens is 286 g/mol. The molecule has 1 heterocycles. The molecule has 0 aromatic carbocycles. The van der Waals surface area contributed by atoms with Crippen LogP contribution in [-0.2, 0) is 9.59 Å². The number of amides is 1. The van der Waals surface area contributed by atoms with Gasteiger partial charge < -0.3 is 10.4 Å². The number of thiophene rings is 1. The van der Waals surface area contributed by atoms with Gasteiger partial charge in [-0.05, 0) is 25.5 Å². The molecule has 106 valence electrons. The molecular formula is C13H18ClNO3S. The van der Waals surface area contributed by atoms with Gasteiger partial charge in [-0.15, -0.1) is 11.3 Å². The summed E-state index contributed by atoms with van der Waals surface area (Å²) in [6.45, 7) is 3.73. The van der Waals surface area contributed by atoms with Gasteiger partial charge in [0.25, 0.3) is 0 Å². The van der Waals surface area contributed by atoms with E-state index in [2.05, 4.69) is 5.32 Å². The Labute approximate surface area is 121 Å². The van der Waals surface area contributed by atoms with Crippen LogP contribution in [0.1, 0.15) is 43.9 Å². The number of aliphatic carboxylic acids is 1. The summed E-state index contributed by atoms with van der Waals surface area (Å²) in [5, 5.41) is 11.7. The zero-order valence-corrected chi connectivity index (χ0v) is 12.6. The highest BCUT2D eigenvalue weighted by Crippen LogP contribution is 2.28. The molecule has 0 spiro atoms. The largest absolute Gasteiger partial charge is 0.480 e. The lowest BCUT2D eigenvalue weighted by molar-refractivity contribution is -0.142. The summed E-state index contributed by atoms with van der Waals surface area (Å²) in [6.07, 6.45) is 2.13. The van der Waals surface area contributed by atoms with Gasteiger partial charge in [-0.3, -0.25) is 4.79 Å². The van der Waals surface area contributed by atoms with E-state index in [-0.39, 0.29) is 11.8 Å². The summed E-state index contributed by atoms with van der Waals surface area (Å²) in [5.41, 5.74) is 0. The number of carboxylic acids is 1. The Hall–Kier alpha value is -1.07. The fraction of sp³-hybridized carbons (Fsp3) is 0.538. The molecule has 6 heteroatoms. The average molecular weight is 304 g/mol. The van der Waals surface area contributed by atoms with E-state index in [1.54, 1.807) is 19.1 Å². The van der Waals surface area contributed by atoms with Crippen molar-refractivity contribution in [2.75, 3.05) is 0 Å². The summed E-state index contributed by atoms with van der Waals surface area (Å²) >= 11 is 7.16. The van der Waals surface area contributed by atoms with Gasteiger partial charge in [-0.25, -0.2) is 4.79 Å². The van der Waals surface area contributed by atoms with Crippen molar-refractivity contribution >= 4 is 34.8 Å². The van der Waals surface area contributed by atoms with Crippen LogP contribution in [0.25, 0.3) is 0 Å². The molecule has 0 radical (unpaired) electrons. The van der Waals surface area contributed by atoms with Crippen LogP contribution in [-0.4, -0.2) is 23.0 Å². The Kier molecular flexibility index (Phi) is 6.31.